The molecule has 3 aromatic rings. The largest absolute Gasteiger partial charge is 0.322 e. The summed E-state index contributed by atoms with van der Waals surface area (Å²) in [5, 5.41) is 6.58. The van der Waals surface area contributed by atoms with Crippen molar-refractivity contribution in [2.75, 3.05) is 25.0 Å². The van der Waals surface area contributed by atoms with Crippen molar-refractivity contribution in [2.24, 2.45) is 5.92 Å². The zero-order valence-electron chi connectivity index (χ0n) is 18.2. The number of anilines is 1. The molecule has 0 saturated carbocycles. The van der Waals surface area contributed by atoms with Crippen molar-refractivity contribution in [3.8, 4) is 11.3 Å². The maximum Gasteiger partial charge on any atom is 0.257 e. The van der Waals surface area contributed by atoms with Gasteiger partial charge in [0.25, 0.3) is 5.91 Å². The van der Waals surface area contributed by atoms with Crippen molar-refractivity contribution in [1.29, 1.82) is 0 Å². The molecule has 0 radical (unpaired) electrons. The fraction of sp³-hybridized carbons (Fsp3) is 0.250. The molecular formula is C24H24Cl2N4O3S. The molecule has 1 fully saturated rings. The molecule has 1 aromatic heterocycles. The number of pyridine rings is 1. The smallest absolute Gasteiger partial charge is 0.257 e. The Hall–Kier alpha value is -2.49. The summed E-state index contributed by atoms with van der Waals surface area (Å²) in [4.78, 5) is 17.2. The van der Waals surface area contributed by atoms with Gasteiger partial charge in [0.05, 0.1) is 26.2 Å². The van der Waals surface area contributed by atoms with E-state index >= 15 is 0 Å². The Bertz CT molecular complexity index is 1280. The van der Waals surface area contributed by atoms with E-state index in [1.807, 2.05) is 12.1 Å². The van der Waals surface area contributed by atoms with Crippen LogP contribution in [0.3, 0.4) is 0 Å². The lowest BCUT2D eigenvalue weighted by Crippen LogP contribution is -2.36. The maximum atomic E-state index is 12.8. The van der Waals surface area contributed by atoms with Crippen LogP contribution in [0.5, 0.6) is 0 Å². The number of hydrogen-bond donors (Lipinski definition) is 3. The van der Waals surface area contributed by atoms with Crippen LogP contribution in [0.1, 0.15) is 23.2 Å². The number of sulfonamides is 1. The molecule has 3 N–H and O–H groups in total. The van der Waals surface area contributed by atoms with Crippen LogP contribution in [0.25, 0.3) is 11.3 Å². The van der Waals surface area contributed by atoms with Crippen molar-refractivity contribution in [1.82, 2.24) is 15.0 Å². The van der Waals surface area contributed by atoms with Gasteiger partial charge in [-0.15, -0.1) is 0 Å². The van der Waals surface area contributed by atoms with E-state index in [1.165, 1.54) is 18.2 Å². The number of halogens is 2. The topological polar surface area (TPSA) is 100 Å². The summed E-state index contributed by atoms with van der Waals surface area (Å²) in [5.74, 6) is -0.169. The summed E-state index contributed by atoms with van der Waals surface area (Å²) >= 11 is 12.6. The number of hydrogen-bond acceptors (Lipinski definition) is 5. The second-order valence-electron chi connectivity index (χ2n) is 8.05. The van der Waals surface area contributed by atoms with E-state index in [0.29, 0.717) is 34.4 Å². The predicted molar refractivity (Wildman–Crippen MR) is 135 cm³/mol. The molecule has 2 aromatic carbocycles. The first kappa shape index (κ1) is 24.6. The highest BCUT2D eigenvalue weighted by molar-refractivity contribution is 7.89. The van der Waals surface area contributed by atoms with Gasteiger partial charge in [-0.25, -0.2) is 13.1 Å². The van der Waals surface area contributed by atoms with Gasteiger partial charge in [-0.1, -0.05) is 29.3 Å². The normalized spacial score (nSPS) is 14.6. The second kappa shape index (κ2) is 10.8. The Morgan fingerprint density at radius 2 is 1.82 bits per heavy atom. The fourth-order valence-electron chi connectivity index (χ4n) is 3.76. The highest BCUT2D eigenvalue weighted by atomic mass is 35.5. The summed E-state index contributed by atoms with van der Waals surface area (Å²) in [6.45, 7) is 2.15. The van der Waals surface area contributed by atoms with Crippen LogP contribution in [0.15, 0.2) is 65.7 Å². The van der Waals surface area contributed by atoms with Crippen molar-refractivity contribution in [3.63, 3.8) is 0 Å². The van der Waals surface area contributed by atoms with Crippen LogP contribution in [-0.4, -0.2) is 38.9 Å². The van der Waals surface area contributed by atoms with Crippen molar-refractivity contribution >= 4 is 44.8 Å². The average molecular weight is 519 g/mol. The molecule has 1 aliphatic rings. The minimum absolute atomic E-state index is 0.0203. The zero-order chi connectivity index (χ0) is 24.1. The van der Waals surface area contributed by atoms with Crippen LogP contribution < -0.4 is 15.4 Å². The molecule has 1 aliphatic heterocycles. The van der Waals surface area contributed by atoms with Gasteiger partial charge in [0.15, 0.2) is 0 Å². The maximum absolute atomic E-state index is 12.8. The number of carbonyl (C=O) groups excluding carboxylic acids is 1. The van der Waals surface area contributed by atoms with Crippen LogP contribution in [0.2, 0.25) is 10.0 Å². The first-order chi connectivity index (χ1) is 16.3. The molecule has 0 bridgehead atoms. The van der Waals surface area contributed by atoms with Gasteiger partial charge in [-0.2, -0.15) is 0 Å². The quantitative estimate of drug-likeness (QED) is 0.424. The number of carbonyl (C=O) groups is 1. The summed E-state index contributed by atoms with van der Waals surface area (Å²) < 4.78 is 28.1. The predicted octanol–water partition coefficient (Wildman–Crippen LogP) is 4.59. The number of rotatable bonds is 7. The van der Waals surface area contributed by atoms with Crippen LogP contribution in [0, 0.1) is 5.92 Å². The number of aromatic nitrogens is 1. The summed E-state index contributed by atoms with van der Waals surface area (Å²) in [6, 6.07) is 14.6. The first-order valence-electron chi connectivity index (χ1n) is 10.9. The van der Waals surface area contributed by atoms with Crippen molar-refractivity contribution in [3.05, 3.63) is 76.4 Å². The fourth-order valence-corrected chi connectivity index (χ4v) is 5.45. The molecule has 0 atom stereocenters. The molecule has 34 heavy (non-hydrogen) atoms. The van der Waals surface area contributed by atoms with E-state index < -0.39 is 15.9 Å². The Morgan fingerprint density at radius 1 is 1.03 bits per heavy atom. The Balaban J connectivity index is 1.47. The first-order valence-corrected chi connectivity index (χ1v) is 13.1. The second-order valence-corrected chi connectivity index (χ2v) is 10.6. The third kappa shape index (κ3) is 5.95. The lowest BCUT2D eigenvalue weighted by molar-refractivity contribution is 0.102. The molecule has 178 valence electrons. The van der Waals surface area contributed by atoms with Gasteiger partial charge in [0, 0.05) is 24.0 Å². The molecular weight excluding hydrogens is 495 g/mol. The van der Waals surface area contributed by atoms with Crippen LogP contribution in [0.4, 0.5) is 5.69 Å². The lowest BCUT2D eigenvalue weighted by atomic mass is 9.99. The average Bonchev–Trinajstić information content (AvgIpc) is 2.85. The van der Waals surface area contributed by atoms with E-state index in [9.17, 15) is 13.2 Å². The number of nitrogens with one attached hydrogen (secondary N) is 3. The third-order valence-electron chi connectivity index (χ3n) is 5.68. The van der Waals surface area contributed by atoms with Gasteiger partial charge >= 0.3 is 0 Å². The van der Waals surface area contributed by atoms with Crippen molar-refractivity contribution in [2.45, 2.75) is 17.7 Å². The molecule has 4 rings (SSSR count). The Labute approximate surface area is 208 Å². The van der Waals surface area contributed by atoms with Crippen LogP contribution in [-0.2, 0) is 10.0 Å². The van der Waals surface area contributed by atoms with Gasteiger partial charge in [0.1, 0.15) is 0 Å². The summed E-state index contributed by atoms with van der Waals surface area (Å²) in [7, 11) is -3.73. The highest BCUT2D eigenvalue weighted by Gasteiger charge is 2.21. The monoisotopic (exact) mass is 518 g/mol. The van der Waals surface area contributed by atoms with Crippen molar-refractivity contribution < 1.29 is 13.2 Å². The Kier molecular flexibility index (Phi) is 7.85. The molecule has 1 saturated heterocycles. The molecule has 2 heterocycles. The van der Waals surface area contributed by atoms with Gasteiger partial charge in [0.2, 0.25) is 10.0 Å². The van der Waals surface area contributed by atoms with Crippen LogP contribution >= 0.6 is 23.2 Å². The van der Waals surface area contributed by atoms with E-state index in [1.54, 1.807) is 30.5 Å². The number of piperidine rings is 1. The van der Waals surface area contributed by atoms with E-state index in [0.717, 1.165) is 25.9 Å². The molecule has 7 nitrogen and oxygen atoms in total. The lowest BCUT2D eigenvalue weighted by Gasteiger charge is -2.22. The molecule has 10 heteroatoms. The highest BCUT2D eigenvalue weighted by Crippen LogP contribution is 2.30. The summed E-state index contributed by atoms with van der Waals surface area (Å²) in [6.07, 6.45) is 3.51. The number of benzene rings is 2. The Morgan fingerprint density at radius 3 is 2.53 bits per heavy atom. The standard InChI is InChI=1S/C24H24Cl2N4O3S/c25-21-7-4-17(13-20(21)23-3-1-2-10-28-23)30-24(31)19-6-5-18(14-22(19)26)34(32,33)29-15-16-8-11-27-12-9-16/h1-7,10,13-14,16,27,29H,8-9,11-12,15H2,(H,30,31). The third-order valence-corrected chi connectivity index (χ3v) is 7.74. The summed E-state index contributed by atoms with van der Waals surface area (Å²) in [5.41, 5.74) is 2.01. The molecule has 1 amide bonds. The van der Waals surface area contributed by atoms with Gasteiger partial charge in [-0.05, 0) is 80.4 Å². The van der Waals surface area contributed by atoms with E-state index in [-0.39, 0.29) is 15.5 Å². The molecule has 0 aliphatic carbocycles. The molecule has 0 spiro atoms. The van der Waals surface area contributed by atoms with Gasteiger partial charge < -0.3 is 10.6 Å². The number of amides is 1. The zero-order valence-corrected chi connectivity index (χ0v) is 20.6. The SMILES string of the molecule is O=C(Nc1ccc(Cl)c(-c2ccccn2)c1)c1ccc(S(=O)(=O)NCC2CCNCC2)cc1Cl. The molecule has 0 unspecified atom stereocenters. The van der Waals surface area contributed by atoms with Gasteiger partial charge in [-0.3, -0.25) is 9.78 Å². The minimum Gasteiger partial charge on any atom is -0.322 e. The minimum atomic E-state index is -3.73. The van der Waals surface area contributed by atoms with E-state index in [2.05, 4.69) is 20.3 Å². The number of nitrogens with zero attached hydrogens (tertiary/aromatic N) is 1. The van der Waals surface area contributed by atoms with E-state index in [4.69, 9.17) is 23.2 Å².